The van der Waals surface area contributed by atoms with Gasteiger partial charge in [0, 0.05) is 38.1 Å². The number of anilines is 1. The third-order valence-electron chi connectivity index (χ3n) is 4.40. The standard InChI is InChI=1S/C15H22N4O/c1-19(2)12-5-6-16-11(7-12)9-17-15(20)13-8-10-3-4-14(13)18-10/h5-7,10,13-14,18H,3-4,8-9H2,1-2H3,(H,17,20). The molecule has 1 amide bonds. The molecule has 1 aromatic rings. The maximum absolute atomic E-state index is 12.2. The lowest BCUT2D eigenvalue weighted by Crippen LogP contribution is -2.37. The van der Waals surface area contributed by atoms with Gasteiger partial charge in [-0.15, -0.1) is 0 Å². The molecule has 0 radical (unpaired) electrons. The van der Waals surface area contributed by atoms with Crippen molar-refractivity contribution in [2.45, 2.75) is 37.9 Å². The minimum Gasteiger partial charge on any atom is -0.378 e. The molecule has 20 heavy (non-hydrogen) atoms. The molecule has 0 aliphatic carbocycles. The van der Waals surface area contributed by atoms with Crippen LogP contribution >= 0.6 is 0 Å². The lowest BCUT2D eigenvalue weighted by Gasteiger charge is -2.19. The number of carbonyl (C=O) groups excluding carboxylic acids is 1. The van der Waals surface area contributed by atoms with Crippen LogP contribution in [-0.2, 0) is 11.3 Å². The van der Waals surface area contributed by atoms with Gasteiger partial charge in [-0.3, -0.25) is 9.78 Å². The lowest BCUT2D eigenvalue weighted by molar-refractivity contribution is -0.125. The Morgan fingerprint density at radius 3 is 3.00 bits per heavy atom. The molecule has 2 N–H and O–H groups in total. The summed E-state index contributed by atoms with van der Waals surface area (Å²) in [6, 6.07) is 4.93. The Bertz CT molecular complexity index is 502. The minimum atomic E-state index is 0.144. The van der Waals surface area contributed by atoms with Gasteiger partial charge in [-0.2, -0.15) is 0 Å². The van der Waals surface area contributed by atoms with Crippen molar-refractivity contribution in [1.82, 2.24) is 15.6 Å². The smallest absolute Gasteiger partial charge is 0.225 e. The zero-order valence-corrected chi connectivity index (χ0v) is 12.1. The molecular weight excluding hydrogens is 252 g/mol. The van der Waals surface area contributed by atoms with E-state index < -0.39 is 0 Å². The summed E-state index contributed by atoms with van der Waals surface area (Å²) in [5.41, 5.74) is 2.01. The van der Waals surface area contributed by atoms with Crippen molar-refractivity contribution < 1.29 is 4.79 Å². The predicted molar refractivity (Wildman–Crippen MR) is 78.5 cm³/mol. The van der Waals surface area contributed by atoms with E-state index in [2.05, 4.69) is 15.6 Å². The summed E-state index contributed by atoms with van der Waals surface area (Å²) >= 11 is 0. The molecule has 1 aromatic heterocycles. The molecule has 108 valence electrons. The summed E-state index contributed by atoms with van der Waals surface area (Å²) in [5.74, 6) is 0.313. The molecule has 0 saturated carbocycles. The molecule has 3 atom stereocenters. The Morgan fingerprint density at radius 2 is 2.35 bits per heavy atom. The summed E-state index contributed by atoms with van der Waals surface area (Å²) in [6.07, 6.45) is 5.13. The molecule has 3 unspecified atom stereocenters. The highest BCUT2D eigenvalue weighted by Crippen LogP contribution is 2.33. The Labute approximate surface area is 119 Å². The van der Waals surface area contributed by atoms with E-state index in [-0.39, 0.29) is 11.8 Å². The topological polar surface area (TPSA) is 57.3 Å². The summed E-state index contributed by atoms with van der Waals surface area (Å²) in [6.45, 7) is 0.508. The van der Waals surface area contributed by atoms with Crippen molar-refractivity contribution >= 4 is 11.6 Å². The maximum atomic E-state index is 12.2. The average molecular weight is 274 g/mol. The number of amides is 1. The maximum Gasteiger partial charge on any atom is 0.225 e. The fraction of sp³-hybridized carbons (Fsp3) is 0.600. The zero-order chi connectivity index (χ0) is 14.1. The Hall–Kier alpha value is -1.62. The molecule has 2 aliphatic heterocycles. The second kappa shape index (κ2) is 5.40. The number of aromatic nitrogens is 1. The zero-order valence-electron chi connectivity index (χ0n) is 12.1. The van der Waals surface area contributed by atoms with E-state index in [1.807, 2.05) is 31.1 Å². The molecule has 2 fully saturated rings. The summed E-state index contributed by atoms with van der Waals surface area (Å²) < 4.78 is 0. The second-order valence-corrected chi connectivity index (χ2v) is 6.01. The monoisotopic (exact) mass is 274 g/mol. The van der Waals surface area contributed by atoms with Gasteiger partial charge in [0.05, 0.1) is 18.2 Å². The molecule has 5 nitrogen and oxygen atoms in total. The molecular formula is C15H22N4O. The van der Waals surface area contributed by atoms with Gasteiger partial charge in [0.25, 0.3) is 0 Å². The number of pyridine rings is 1. The van der Waals surface area contributed by atoms with Crippen molar-refractivity contribution in [2.24, 2.45) is 5.92 Å². The Balaban J connectivity index is 1.56. The number of rotatable bonds is 4. The van der Waals surface area contributed by atoms with Crippen LogP contribution in [0.1, 0.15) is 25.0 Å². The van der Waals surface area contributed by atoms with Crippen LogP contribution in [0.4, 0.5) is 5.69 Å². The van der Waals surface area contributed by atoms with Crippen molar-refractivity contribution in [3.63, 3.8) is 0 Å². The van der Waals surface area contributed by atoms with E-state index in [0.717, 1.165) is 24.2 Å². The first-order chi connectivity index (χ1) is 9.63. The van der Waals surface area contributed by atoms with Gasteiger partial charge >= 0.3 is 0 Å². The van der Waals surface area contributed by atoms with E-state index in [9.17, 15) is 4.79 Å². The number of carbonyl (C=O) groups is 1. The molecule has 2 bridgehead atoms. The van der Waals surface area contributed by atoms with Crippen LogP contribution in [0.15, 0.2) is 18.3 Å². The van der Waals surface area contributed by atoms with Crippen LogP contribution < -0.4 is 15.5 Å². The first kappa shape index (κ1) is 13.4. The van der Waals surface area contributed by atoms with Crippen LogP contribution in [0.2, 0.25) is 0 Å². The quantitative estimate of drug-likeness (QED) is 0.856. The molecule has 0 aromatic carbocycles. The molecule has 5 heteroatoms. The number of fused-ring (bicyclic) bond motifs is 2. The number of hydrogen-bond donors (Lipinski definition) is 2. The molecule has 3 rings (SSSR count). The highest BCUT2D eigenvalue weighted by molar-refractivity contribution is 5.80. The van der Waals surface area contributed by atoms with Gasteiger partial charge in [0.15, 0.2) is 0 Å². The Kier molecular flexibility index (Phi) is 3.61. The largest absolute Gasteiger partial charge is 0.378 e. The van der Waals surface area contributed by atoms with Crippen molar-refractivity contribution in [1.29, 1.82) is 0 Å². The van der Waals surface area contributed by atoms with Gasteiger partial charge in [0.1, 0.15) is 0 Å². The normalized spacial score (nSPS) is 27.6. The summed E-state index contributed by atoms with van der Waals surface area (Å²) in [5, 5.41) is 6.53. The van der Waals surface area contributed by atoms with Crippen molar-refractivity contribution in [3.05, 3.63) is 24.0 Å². The van der Waals surface area contributed by atoms with Gasteiger partial charge in [-0.05, 0) is 31.4 Å². The van der Waals surface area contributed by atoms with Gasteiger partial charge in [0.2, 0.25) is 5.91 Å². The van der Waals surface area contributed by atoms with Crippen molar-refractivity contribution in [3.8, 4) is 0 Å². The van der Waals surface area contributed by atoms with Crippen LogP contribution in [-0.4, -0.2) is 37.1 Å². The highest BCUT2D eigenvalue weighted by atomic mass is 16.1. The summed E-state index contributed by atoms with van der Waals surface area (Å²) in [4.78, 5) is 18.6. The van der Waals surface area contributed by atoms with Crippen molar-refractivity contribution in [2.75, 3.05) is 19.0 Å². The second-order valence-electron chi connectivity index (χ2n) is 6.01. The van der Waals surface area contributed by atoms with Crippen LogP contribution in [0.5, 0.6) is 0 Å². The average Bonchev–Trinajstić information content (AvgIpc) is 3.07. The third-order valence-corrected chi connectivity index (χ3v) is 4.40. The number of nitrogens with one attached hydrogen (secondary N) is 2. The molecule has 3 heterocycles. The number of nitrogens with zero attached hydrogens (tertiary/aromatic N) is 2. The predicted octanol–water partition coefficient (Wildman–Crippen LogP) is 0.904. The van der Waals surface area contributed by atoms with Gasteiger partial charge in [-0.1, -0.05) is 0 Å². The van der Waals surface area contributed by atoms with E-state index >= 15 is 0 Å². The minimum absolute atomic E-state index is 0.144. The first-order valence-corrected chi connectivity index (χ1v) is 7.29. The van der Waals surface area contributed by atoms with E-state index in [4.69, 9.17) is 0 Å². The number of hydrogen-bond acceptors (Lipinski definition) is 4. The fourth-order valence-electron chi connectivity index (χ4n) is 3.26. The Morgan fingerprint density at radius 1 is 1.50 bits per heavy atom. The van der Waals surface area contributed by atoms with Crippen LogP contribution in [0.3, 0.4) is 0 Å². The van der Waals surface area contributed by atoms with E-state index in [1.54, 1.807) is 6.20 Å². The molecule has 2 aliphatic rings. The molecule has 0 spiro atoms. The van der Waals surface area contributed by atoms with Crippen LogP contribution in [0, 0.1) is 5.92 Å². The highest BCUT2D eigenvalue weighted by Gasteiger charge is 2.42. The van der Waals surface area contributed by atoms with E-state index in [0.29, 0.717) is 18.6 Å². The SMILES string of the molecule is CN(C)c1ccnc(CNC(=O)C2CC3CCC2N3)c1. The van der Waals surface area contributed by atoms with Gasteiger partial charge < -0.3 is 15.5 Å². The fourth-order valence-corrected chi connectivity index (χ4v) is 3.26. The lowest BCUT2D eigenvalue weighted by atomic mass is 9.88. The van der Waals surface area contributed by atoms with Crippen LogP contribution in [0.25, 0.3) is 0 Å². The van der Waals surface area contributed by atoms with Gasteiger partial charge in [-0.25, -0.2) is 0 Å². The molecule has 2 saturated heterocycles. The third kappa shape index (κ3) is 2.63. The van der Waals surface area contributed by atoms with E-state index in [1.165, 1.54) is 6.42 Å². The summed E-state index contributed by atoms with van der Waals surface area (Å²) in [7, 11) is 4.00. The first-order valence-electron chi connectivity index (χ1n) is 7.29.